The van der Waals surface area contributed by atoms with E-state index in [0.29, 0.717) is 32.7 Å². The highest BCUT2D eigenvalue weighted by molar-refractivity contribution is 6.33. The molecule has 0 spiro atoms. The molecule has 1 amide bonds. The number of amides is 1. The van der Waals surface area contributed by atoms with Gasteiger partial charge in [0.05, 0.1) is 16.3 Å². The van der Waals surface area contributed by atoms with Gasteiger partial charge in [0.25, 0.3) is 5.89 Å². The molecule has 0 radical (unpaired) electrons. The summed E-state index contributed by atoms with van der Waals surface area (Å²) in [5, 5.41) is 11.9. The number of aromatic nitrogens is 5. The molecule has 1 N–H and O–H groups in total. The molecule has 33 heavy (non-hydrogen) atoms. The van der Waals surface area contributed by atoms with E-state index in [9.17, 15) is 9.59 Å². The molecule has 0 saturated carbocycles. The predicted octanol–water partition coefficient (Wildman–Crippen LogP) is 4.16. The van der Waals surface area contributed by atoms with E-state index < -0.39 is 11.6 Å². The number of benzene rings is 2. The van der Waals surface area contributed by atoms with E-state index in [1.165, 1.54) is 4.40 Å². The quantitative estimate of drug-likeness (QED) is 0.404. The Labute approximate surface area is 196 Å². The van der Waals surface area contributed by atoms with Gasteiger partial charge in [0.15, 0.2) is 5.65 Å². The van der Waals surface area contributed by atoms with E-state index in [-0.39, 0.29) is 18.1 Å². The number of pyridine rings is 1. The Balaban J connectivity index is 1.46. The normalized spacial score (nSPS) is 11.1. The summed E-state index contributed by atoms with van der Waals surface area (Å²) in [6.45, 7) is -0.303. The Morgan fingerprint density at radius 2 is 1.91 bits per heavy atom. The molecule has 0 unspecified atom stereocenters. The molecule has 2 aromatic carbocycles. The zero-order valence-electron chi connectivity index (χ0n) is 16.8. The van der Waals surface area contributed by atoms with Crippen LogP contribution in [0.4, 0.5) is 5.69 Å². The number of nitrogens with one attached hydrogen (secondary N) is 1. The summed E-state index contributed by atoms with van der Waals surface area (Å²) in [5.41, 5.74) is 1.36. The first kappa shape index (κ1) is 20.9. The van der Waals surface area contributed by atoms with E-state index in [4.69, 9.17) is 27.7 Å². The van der Waals surface area contributed by atoms with E-state index in [2.05, 4.69) is 20.6 Å². The third-order valence-electron chi connectivity index (χ3n) is 4.79. The average molecular weight is 481 g/mol. The second kappa shape index (κ2) is 8.53. The Hall–Kier alpha value is -3.95. The Bertz CT molecular complexity index is 1560. The molecule has 11 heteroatoms. The number of rotatable bonds is 5. The number of carbonyl (C=O) groups is 1. The number of para-hydroxylation sites is 1. The van der Waals surface area contributed by atoms with Crippen LogP contribution in [-0.4, -0.2) is 30.2 Å². The van der Waals surface area contributed by atoms with Crippen molar-refractivity contribution >= 4 is 40.4 Å². The monoisotopic (exact) mass is 480 g/mol. The van der Waals surface area contributed by atoms with Crippen LogP contribution in [0.15, 0.2) is 76.2 Å². The molecule has 3 aromatic heterocycles. The Kier molecular flexibility index (Phi) is 5.41. The van der Waals surface area contributed by atoms with Crippen molar-refractivity contribution in [3.8, 4) is 22.8 Å². The molecule has 5 rings (SSSR count). The van der Waals surface area contributed by atoms with Crippen molar-refractivity contribution in [1.29, 1.82) is 0 Å². The minimum Gasteiger partial charge on any atom is -0.333 e. The summed E-state index contributed by atoms with van der Waals surface area (Å²) >= 11 is 12.1. The van der Waals surface area contributed by atoms with Crippen molar-refractivity contribution in [3.05, 3.63) is 87.4 Å². The maximum Gasteiger partial charge on any atom is 0.350 e. The fourth-order valence-electron chi connectivity index (χ4n) is 3.27. The fraction of sp³-hybridized carbons (Fsp3) is 0.0455. The highest BCUT2D eigenvalue weighted by Gasteiger charge is 2.19. The van der Waals surface area contributed by atoms with Gasteiger partial charge >= 0.3 is 5.69 Å². The topological polar surface area (TPSA) is 107 Å². The third-order valence-corrected chi connectivity index (χ3v) is 5.35. The van der Waals surface area contributed by atoms with E-state index in [0.717, 1.165) is 4.68 Å². The van der Waals surface area contributed by atoms with E-state index in [1.807, 2.05) is 0 Å². The second-order valence-corrected chi connectivity index (χ2v) is 7.86. The van der Waals surface area contributed by atoms with Gasteiger partial charge in [0.2, 0.25) is 11.7 Å². The smallest absolute Gasteiger partial charge is 0.333 e. The first-order chi connectivity index (χ1) is 16.0. The average Bonchev–Trinajstić information content (AvgIpc) is 3.41. The van der Waals surface area contributed by atoms with Gasteiger partial charge in [0.1, 0.15) is 6.54 Å². The predicted molar refractivity (Wildman–Crippen MR) is 123 cm³/mol. The highest BCUT2D eigenvalue weighted by Crippen LogP contribution is 2.26. The molecule has 0 fully saturated rings. The molecule has 0 aliphatic carbocycles. The first-order valence-corrected chi connectivity index (χ1v) is 10.5. The fourth-order valence-corrected chi connectivity index (χ4v) is 3.65. The Morgan fingerprint density at radius 1 is 1.06 bits per heavy atom. The number of carbonyl (C=O) groups excluding carboxylic acids is 1. The molecule has 164 valence electrons. The van der Waals surface area contributed by atoms with Gasteiger partial charge in [0, 0.05) is 16.8 Å². The zero-order chi connectivity index (χ0) is 22.9. The summed E-state index contributed by atoms with van der Waals surface area (Å²) < 4.78 is 7.77. The molecule has 9 nitrogen and oxygen atoms in total. The van der Waals surface area contributed by atoms with Crippen LogP contribution in [0.3, 0.4) is 0 Å². The standard InChI is InChI=1S/C22H14Cl2N6O3/c23-14-6-3-5-13(11-14)19-26-21(33-28-19)15-7-4-10-29-20(15)27-30(22(29)32)12-18(31)25-17-9-2-1-8-16(17)24/h1-11H,12H2,(H,25,31). The number of anilines is 1. The van der Waals surface area contributed by atoms with Gasteiger partial charge in [-0.25, -0.2) is 13.9 Å². The summed E-state index contributed by atoms with van der Waals surface area (Å²) in [5.74, 6) is 0.0693. The lowest BCUT2D eigenvalue weighted by Gasteiger charge is -2.06. The van der Waals surface area contributed by atoms with Gasteiger partial charge in [-0.2, -0.15) is 4.98 Å². The van der Waals surface area contributed by atoms with Crippen molar-refractivity contribution in [3.63, 3.8) is 0 Å². The molecule has 0 saturated heterocycles. The number of fused-ring (bicyclic) bond motifs is 1. The lowest BCUT2D eigenvalue weighted by atomic mass is 10.2. The molecule has 5 aromatic rings. The second-order valence-electron chi connectivity index (χ2n) is 7.02. The van der Waals surface area contributed by atoms with Gasteiger partial charge in [-0.15, -0.1) is 5.10 Å². The van der Waals surface area contributed by atoms with Crippen LogP contribution in [0, 0.1) is 0 Å². The molecular weight excluding hydrogens is 467 g/mol. The number of hydrogen-bond donors (Lipinski definition) is 1. The van der Waals surface area contributed by atoms with Crippen LogP contribution in [0.5, 0.6) is 0 Å². The van der Waals surface area contributed by atoms with Gasteiger partial charge < -0.3 is 9.84 Å². The van der Waals surface area contributed by atoms with E-state index >= 15 is 0 Å². The van der Waals surface area contributed by atoms with Crippen LogP contribution >= 0.6 is 23.2 Å². The summed E-state index contributed by atoms with van der Waals surface area (Å²) in [6, 6.07) is 17.2. The van der Waals surface area contributed by atoms with Crippen LogP contribution in [0.1, 0.15) is 0 Å². The maximum absolute atomic E-state index is 12.8. The van der Waals surface area contributed by atoms with E-state index in [1.54, 1.807) is 66.9 Å². The van der Waals surface area contributed by atoms with Crippen molar-refractivity contribution in [2.24, 2.45) is 0 Å². The molecule has 0 bridgehead atoms. The largest absolute Gasteiger partial charge is 0.350 e. The summed E-state index contributed by atoms with van der Waals surface area (Å²) in [4.78, 5) is 29.7. The molecule has 3 heterocycles. The van der Waals surface area contributed by atoms with Crippen molar-refractivity contribution in [2.75, 3.05) is 5.32 Å². The van der Waals surface area contributed by atoms with Gasteiger partial charge in [-0.3, -0.25) is 4.79 Å². The number of nitrogens with zero attached hydrogens (tertiary/aromatic N) is 5. The molecule has 0 atom stereocenters. The van der Waals surface area contributed by atoms with Crippen LogP contribution in [0.2, 0.25) is 10.0 Å². The lowest BCUT2D eigenvalue weighted by molar-refractivity contribution is -0.117. The van der Waals surface area contributed by atoms with Crippen molar-refractivity contribution in [2.45, 2.75) is 6.54 Å². The van der Waals surface area contributed by atoms with Gasteiger partial charge in [-0.05, 0) is 36.4 Å². The maximum atomic E-state index is 12.8. The van der Waals surface area contributed by atoms with Gasteiger partial charge in [-0.1, -0.05) is 52.6 Å². The Morgan fingerprint density at radius 3 is 2.73 bits per heavy atom. The minimum atomic E-state index is -0.490. The zero-order valence-corrected chi connectivity index (χ0v) is 18.3. The van der Waals surface area contributed by atoms with Crippen molar-refractivity contribution in [1.82, 2.24) is 24.3 Å². The summed E-state index contributed by atoms with van der Waals surface area (Å²) in [6.07, 6.45) is 1.55. The van der Waals surface area contributed by atoms with Crippen LogP contribution < -0.4 is 11.0 Å². The summed E-state index contributed by atoms with van der Waals surface area (Å²) in [7, 11) is 0. The third kappa shape index (κ3) is 4.11. The SMILES string of the molecule is O=C(Cn1nc2c(-c3nc(-c4cccc(Cl)c4)no3)cccn2c1=O)Nc1ccccc1Cl. The number of halogens is 2. The lowest BCUT2D eigenvalue weighted by Crippen LogP contribution is -2.28. The number of hydrogen-bond acceptors (Lipinski definition) is 6. The molecule has 0 aliphatic heterocycles. The highest BCUT2D eigenvalue weighted by atomic mass is 35.5. The molecular formula is C22H14Cl2N6O3. The van der Waals surface area contributed by atoms with Crippen LogP contribution in [0.25, 0.3) is 28.5 Å². The van der Waals surface area contributed by atoms with Crippen molar-refractivity contribution < 1.29 is 9.32 Å². The first-order valence-electron chi connectivity index (χ1n) is 9.72. The minimum absolute atomic E-state index is 0.174. The molecule has 0 aliphatic rings. The van der Waals surface area contributed by atoms with Crippen LogP contribution in [-0.2, 0) is 11.3 Å².